The zero-order valence-electron chi connectivity index (χ0n) is 7.80. The fourth-order valence-electron chi connectivity index (χ4n) is 1.08. The summed E-state index contributed by atoms with van der Waals surface area (Å²) >= 11 is 2.92. The third kappa shape index (κ3) is 2.63. The summed E-state index contributed by atoms with van der Waals surface area (Å²) in [5.41, 5.74) is 0.125. The summed E-state index contributed by atoms with van der Waals surface area (Å²) < 4.78 is 29.9. The minimum absolute atomic E-state index is 0.0107. The third-order valence-corrected chi connectivity index (χ3v) is 2.38. The molecule has 1 rings (SSSR count). The Bertz CT molecular complexity index is 404. The Balaban J connectivity index is 3.25. The number of aromatic nitrogens is 1. The first-order valence-electron chi connectivity index (χ1n) is 3.98. The fraction of sp³-hybridized carbons (Fsp3) is 0.333. The lowest BCUT2D eigenvalue weighted by atomic mass is 10.1. The van der Waals surface area contributed by atoms with Crippen LogP contribution in [0.4, 0.5) is 8.78 Å². The molecule has 0 radical (unpaired) electrons. The van der Waals surface area contributed by atoms with Gasteiger partial charge in [-0.25, -0.2) is 13.8 Å². The lowest BCUT2D eigenvalue weighted by Gasteiger charge is -2.08. The number of ether oxygens (including phenoxy) is 1. The number of rotatable bonds is 3. The molecule has 1 aromatic rings. The number of halogens is 3. The molecule has 80 valence electrons. The average Bonchev–Trinajstić information content (AvgIpc) is 2.20. The number of nitriles is 1. The van der Waals surface area contributed by atoms with Crippen LogP contribution in [-0.4, -0.2) is 12.1 Å². The normalized spacial score (nSPS) is 10.1. The predicted molar refractivity (Wildman–Crippen MR) is 52.8 cm³/mol. The Kier molecular flexibility index (Phi) is 3.97. The van der Waals surface area contributed by atoms with E-state index in [0.29, 0.717) is 5.56 Å². The first-order chi connectivity index (χ1) is 7.10. The van der Waals surface area contributed by atoms with E-state index in [9.17, 15) is 8.78 Å². The molecule has 0 aromatic carbocycles. The minimum Gasteiger partial charge on any atom is -0.481 e. The quantitative estimate of drug-likeness (QED) is 0.798. The van der Waals surface area contributed by atoms with Gasteiger partial charge in [0.05, 0.1) is 25.2 Å². The molecule has 0 saturated carbocycles. The van der Waals surface area contributed by atoms with Crippen LogP contribution in [0.1, 0.15) is 17.6 Å². The maximum atomic E-state index is 12.5. The molecule has 0 aliphatic rings. The van der Waals surface area contributed by atoms with Crippen LogP contribution in [-0.2, 0) is 6.42 Å². The average molecular weight is 277 g/mol. The zero-order valence-corrected chi connectivity index (χ0v) is 9.38. The van der Waals surface area contributed by atoms with E-state index in [1.807, 2.05) is 6.07 Å². The Morgan fingerprint density at radius 3 is 2.80 bits per heavy atom. The van der Waals surface area contributed by atoms with Crippen molar-refractivity contribution in [2.45, 2.75) is 12.8 Å². The maximum Gasteiger partial charge on any atom is 0.266 e. The summed E-state index contributed by atoms with van der Waals surface area (Å²) in [5.74, 6) is 0.188. The van der Waals surface area contributed by atoms with Crippen LogP contribution in [0.2, 0.25) is 0 Å². The van der Waals surface area contributed by atoms with E-state index < -0.39 is 6.43 Å². The third-order valence-electron chi connectivity index (χ3n) is 1.74. The molecule has 0 saturated heterocycles. The zero-order chi connectivity index (χ0) is 11.4. The standard InChI is InChI=1S/C9H7BrF2N2O/c1-15-9-5(2-3-13)4-6(8(11)12)7(10)14-9/h4,8H,2H2,1H3. The molecule has 0 aliphatic carbocycles. The van der Waals surface area contributed by atoms with Gasteiger partial charge in [-0.05, 0) is 22.0 Å². The fourth-order valence-corrected chi connectivity index (χ4v) is 1.52. The highest BCUT2D eigenvalue weighted by Crippen LogP contribution is 2.30. The van der Waals surface area contributed by atoms with Crippen LogP contribution in [0.25, 0.3) is 0 Å². The van der Waals surface area contributed by atoms with Crippen LogP contribution < -0.4 is 4.74 Å². The number of methoxy groups -OCH3 is 1. The van der Waals surface area contributed by atoms with Crippen molar-refractivity contribution in [1.29, 1.82) is 5.26 Å². The van der Waals surface area contributed by atoms with Crippen molar-refractivity contribution < 1.29 is 13.5 Å². The molecular formula is C9H7BrF2N2O. The van der Waals surface area contributed by atoms with Crippen LogP contribution in [0.15, 0.2) is 10.7 Å². The molecule has 0 atom stereocenters. The number of alkyl halides is 2. The largest absolute Gasteiger partial charge is 0.481 e. The van der Waals surface area contributed by atoms with Crippen LogP contribution in [0.3, 0.4) is 0 Å². The second-order valence-electron chi connectivity index (χ2n) is 2.67. The molecule has 0 aliphatic heterocycles. The van der Waals surface area contributed by atoms with Crippen molar-refractivity contribution in [3.63, 3.8) is 0 Å². The van der Waals surface area contributed by atoms with E-state index in [4.69, 9.17) is 10.00 Å². The van der Waals surface area contributed by atoms with Gasteiger partial charge in [-0.3, -0.25) is 0 Å². The van der Waals surface area contributed by atoms with Crippen molar-refractivity contribution in [2.24, 2.45) is 0 Å². The summed E-state index contributed by atoms with van der Waals surface area (Å²) in [6.07, 6.45) is -2.64. The number of nitrogens with zero attached hydrogens (tertiary/aromatic N) is 2. The first-order valence-corrected chi connectivity index (χ1v) is 4.77. The van der Waals surface area contributed by atoms with Gasteiger partial charge < -0.3 is 4.74 Å². The Morgan fingerprint density at radius 2 is 2.33 bits per heavy atom. The summed E-state index contributed by atoms with van der Waals surface area (Å²) in [6.45, 7) is 0. The van der Waals surface area contributed by atoms with Crippen molar-refractivity contribution in [3.05, 3.63) is 21.8 Å². The molecule has 6 heteroatoms. The summed E-state index contributed by atoms with van der Waals surface area (Å²) in [5, 5.41) is 8.51. The number of hydrogen-bond donors (Lipinski definition) is 0. The Labute approximate surface area is 93.8 Å². The van der Waals surface area contributed by atoms with Gasteiger partial charge in [0.25, 0.3) is 6.43 Å². The Hall–Kier alpha value is -1.22. The smallest absolute Gasteiger partial charge is 0.266 e. The lowest BCUT2D eigenvalue weighted by molar-refractivity contribution is 0.149. The molecule has 15 heavy (non-hydrogen) atoms. The molecule has 1 heterocycles. The topological polar surface area (TPSA) is 45.9 Å². The van der Waals surface area contributed by atoms with E-state index >= 15 is 0 Å². The van der Waals surface area contributed by atoms with Gasteiger partial charge in [-0.2, -0.15) is 5.26 Å². The monoisotopic (exact) mass is 276 g/mol. The predicted octanol–water partition coefficient (Wildman–Crippen LogP) is 2.86. The van der Waals surface area contributed by atoms with Gasteiger partial charge in [0.1, 0.15) is 4.60 Å². The molecule has 0 unspecified atom stereocenters. The van der Waals surface area contributed by atoms with Crippen molar-refractivity contribution >= 4 is 15.9 Å². The molecular weight excluding hydrogens is 270 g/mol. The molecule has 0 amide bonds. The van der Waals surface area contributed by atoms with Crippen molar-refractivity contribution in [1.82, 2.24) is 4.98 Å². The Morgan fingerprint density at radius 1 is 1.67 bits per heavy atom. The van der Waals surface area contributed by atoms with E-state index in [1.165, 1.54) is 13.2 Å². The molecule has 0 fully saturated rings. The van der Waals surface area contributed by atoms with Crippen molar-refractivity contribution in [2.75, 3.05) is 7.11 Å². The van der Waals surface area contributed by atoms with E-state index in [-0.39, 0.29) is 22.5 Å². The van der Waals surface area contributed by atoms with Gasteiger partial charge in [0.15, 0.2) is 0 Å². The van der Waals surface area contributed by atoms with Crippen LogP contribution in [0.5, 0.6) is 5.88 Å². The minimum atomic E-state index is -2.63. The molecule has 3 nitrogen and oxygen atoms in total. The second-order valence-corrected chi connectivity index (χ2v) is 3.42. The van der Waals surface area contributed by atoms with Crippen LogP contribution in [0, 0.1) is 11.3 Å². The summed E-state index contributed by atoms with van der Waals surface area (Å²) in [7, 11) is 1.37. The summed E-state index contributed by atoms with van der Waals surface area (Å²) in [6, 6.07) is 3.09. The summed E-state index contributed by atoms with van der Waals surface area (Å²) in [4.78, 5) is 3.79. The molecule has 1 aromatic heterocycles. The van der Waals surface area contributed by atoms with Gasteiger partial charge in [-0.1, -0.05) is 0 Å². The van der Waals surface area contributed by atoms with Gasteiger partial charge >= 0.3 is 0 Å². The SMILES string of the molecule is COc1nc(Br)c(C(F)F)cc1CC#N. The van der Waals surface area contributed by atoms with Gasteiger partial charge in [0, 0.05) is 5.56 Å². The molecule has 0 N–H and O–H groups in total. The molecule has 0 spiro atoms. The highest BCUT2D eigenvalue weighted by Gasteiger charge is 2.17. The highest BCUT2D eigenvalue weighted by molar-refractivity contribution is 9.10. The number of pyridine rings is 1. The van der Waals surface area contributed by atoms with E-state index in [2.05, 4.69) is 20.9 Å². The van der Waals surface area contributed by atoms with Crippen LogP contribution >= 0.6 is 15.9 Å². The van der Waals surface area contributed by atoms with Gasteiger partial charge in [0.2, 0.25) is 5.88 Å². The first kappa shape index (κ1) is 11.9. The lowest BCUT2D eigenvalue weighted by Crippen LogP contribution is -1.99. The number of hydrogen-bond acceptors (Lipinski definition) is 3. The molecule has 0 bridgehead atoms. The van der Waals surface area contributed by atoms with Crippen molar-refractivity contribution in [3.8, 4) is 11.9 Å². The van der Waals surface area contributed by atoms with E-state index in [0.717, 1.165) is 0 Å². The maximum absolute atomic E-state index is 12.5. The highest BCUT2D eigenvalue weighted by atomic mass is 79.9. The second kappa shape index (κ2) is 5.03. The van der Waals surface area contributed by atoms with Gasteiger partial charge in [-0.15, -0.1) is 0 Å². The van der Waals surface area contributed by atoms with E-state index in [1.54, 1.807) is 0 Å².